The number of aliphatic hydroxyl groups is 1. The van der Waals surface area contributed by atoms with Crippen LogP contribution in [0.25, 0.3) is 6.08 Å². The summed E-state index contributed by atoms with van der Waals surface area (Å²) in [6, 6.07) is 9.85. The largest absolute Gasteiger partial charge is 0.468 e. The fourth-order valence-electron chi connectivity index (χ4n) is 1.54. The normalized spacial score (nSPS) is 13.6. The van der Waals surface area contributed by atoms with Gasteiger partial charge in [-0.3, -0.25) is 4.79 Å². The Morgan fingerprint density at radius 2 is 2.06 bits per heavy atom. The topological polar surface area (TPSA) is 46.5 Å². The van der Waals surface area contributed by atoms with Gasteiger partial charge in [-0.2, -0.15) is 0 Å². The fourth-order valence-corrected chi connectivity index (χ4v) is 1.54. The van der Waals surface area contributed by atoms with Gasteiger partial charge in [0.25, 0.3) is 0 Å². The summed E-state index contributed by atoms with van der Waals surface area (Å²) >= 11 is 0. The van der Waals surface area contributed by atoms with Crippen LogP contribution in [0.2, 0.25) is 0 Å². The van der Waals surface area contributed by atoms with E-state index in [1.165, 1.54) is 7.11 Å². The zero-order valence-electron chi connectivity index (χ0n) is 10.7. The molecule has 0 aromatic heterocycles. The predicted octanol–water partition coefficient (Wildman–Crippen LogP) is 2.43. The first-order chi connectivity index (χ1) is 8.69. The van der Waals surface area contributed by atoms with E-state index in [2.05, 4.69) is 4.74 Å². The zero-order chi connectivity index (χ0) is 13.4. The number of methoxy groups -OCH3 is 1. The van der Waals surface area contributed by atoms with Crippen LogP contribution < -0.4 is 0 Å². The van der Waals surface area contributed by atoms with Crippen LogP contribution in [0.3, 0.4) is 0 Å². The molecule has 0 bridgehead atoms. The highest BCUT2D eigenvalue weighted by molar-refractivity contribution is 5.75. The summed E-state index contributed by atoms with van der Waals surface area (Å²) in [6.45, 7) is 1.56. The number of carbonyl (C=O) groups excluding carboxylic acids is 1. The van der Waals surface area contributed by atoms with Gasteiger partial charge in [-0.15, -0.1) is 0 Å². The van der Waals surface area contributed by atoms with Gasteiger partial charge in [0.2, 0.25) is 0 Å². The molecule has 96 valence electrons. The lowest BCUT2D eigenvalue weighted by Gasteiger charge is -2.11. The van der Waals surface area contributed by atoms with Crippen molar-refractivity contribution in [1.82, 2.24) is 0 Å². The minimum absolute atomic E-state index is 0.242. The van der Waals surface area contributed by atoms with Gasteiger partial charge in [-0.05, 0) is 12.5 Å². The second kappa shape index (κ2) is 7.45. The Labute approximate surface area is 107 Å². The van der Waals surface area contributed by atoms with E-state index >= 15 is 0 Å². The number of carbonyl (C=O) groups is 1. The molecular formula is C15H18O3. The third-order valence-corrected chi connectivity index (χ3v) is 2.67. The molecule has 0 spiro atoms. The number of rotatable bonds is 5. The van der Waals surface area contributed by atoms with Crippen molar-refractivity contribution in [2.75, 3.05) is 13.7 Å². The molecule has 1 aromatic rings. The molecule has 0 aliphatic rings. The van der Waals surface area contributed by atoms with Crippen LogP contribution in [0, 0.1) is 5.92 Å². The van der Waals surface area contributed by atoms with Crippen LogP contribution >= 0.6 is 0 Å². The van der Waals surface area contributed by atoms with Crippen molar-refractivity contribution in [1.29, 1.82) is 0 Å². The zero-order valence-corrected chi connectivity index (χ0v) is 10.7. The molecule has 0 amide bonds. The Morgan fingerprint density at radius 1 is 1.39 bits per heavy atom. The first-order valence-electron chi connectivity index (χ1n) is 5.77. The average Bonchev–Trinajstić information content (AvgIpc) is 2.40. The molecule has 1 unspecified atom stereocenters. The standard InChI is InChI=1S/C15H18O3/c1-12(14(11-16)15(17)18-2)7-6-10-13-8-4-3-5-9-13/h3-10,14,16H,11H2,1-2H3. The Bertz CT molecular complexity index is 432. The highest BCUT2D eigenvalue weighted by Gasteiger charge is 2.19. The molecule has 0 radical (unpaired) electrons. The lowest BCUT2D eigenvalue weighted by molar-refractivity contribution is -0.145. The maximum Gasteiger partial charge on any atom is 0.315 e. The van der Waals surface area contributed by atoms with E-state index in [-0.39, 0.29) is 6.61 Å². The van der Waals surface area contributed by atoms with Crippen molar-refractivity contribution >= 4 is 12.0 Å². The van der Waals surface area contributed by atoms with Gasteiger partial charge in [0, 0.05) is 0 Å². The highest BCUT2D eigenvalue weighted by Crippen LogP contribution is 2.12. The van der Waals surface area contributed by atoms with E-state index in [9.17, 15) is 4.79 Å². The van der Waals surface area contributed by atoms with Gasteiger partial charge in [0.1, 0.15) is 5.92 Å². The summed E-state index contributed by atoms with van der Waals surface area (Å²) in [5.74, 6) is -1.00. The van der Waals surface area contributed by atoms with Gasteiger partial charge in [-0.1, -0.05) is 54.1 Å². The van der Waals surface area contributed by atoms with Crippen LogP contribution in [0.15, 0.2) is 48.1 Å². The van der Waals surface area contributed by atoms with Crippen molar-refractivity contribution < 1.29 is 14.6 Å². The summed E-state index contributed by atoms with van der Waals surface area (Å²) in [5, 5.41) is 9.15. The van der Waals surface area contributed by atoms with E-state index in [0.717, 1.165) is 11.1 Å². The fraction of sp³-hybridized carbons (Fsp3) is 0.267. The van der Waals surface area contributed by atoms with Crippen LogP contribution in [0.1, 0.15) is 12.5 Å². The quantitative estimate of drug-likeness (QED) is 0.641. The third-order valence-electron chi connectivity index (χ3n) is 2.67. The smallest absolute Gasteiger partial charge is 0.315 e. The number of hydrogen-bond acceptors (Lipinski definition) is 3. The number of benzene rings is 1. The summed E-state index contributed by atoms with van der Waals surface area (Å²) in [6.07, 6.45) is 5.61. The van der Waals surface area contributed by atoms with Crippen LogP contribution in [0.5, 0.6) is 0 Å². The molecule has 0 saturated heterocycles. The van der Waals surface area contributed by atoms with Crippen molar-refractivity contribution in [3.63, 3.8) is 0 Å². The number of ether oxygens (including phenoxy) is 1. The minimum Gasteiger partial charge on any atom is -0.468 e. The van der Waals surface area contributed by atoms with Crippen LogP contribution in [0.4, 0.5) is 0 Å². The molecular weight excluding hydrogens is 228 g/mol. The molecule has 1 atom stereocenters. The van der Waals surface area contributed by atoms with E-state index in [4.69, 9.17) is 5.11 Å². The van der Waals surface area contributed by atoms with Gasteiger partial charge in [-0.25, -0.2) is 0 Å². The van der Waals surface area contributed by atoms with Crippen molar-refractivity contribution in [2.24, 2.45) is 5.92 Å². The molecule has 1 aromatic carbocycles. The summed E-state index contributed by atoms with van der Waals surface area (Å²) in [4.78, 5) is 11.4. The van der Waals surface area contributed by atoms with E-state index in [1.807, 2.05) is 48.6 Å². The second-order valence-electron chi connectivity index (χ2n) is 3.94. The molecule has 1 rings (SSSR count). The van der Waals surface area contributed by atoms with Crippen LogP contribution in [-0.2, 0) is 9.53 Å². The van der Waals surface area contributed by atoms with Crippen molar-refractivity contribution in [3.8, 4) is 0 Å². The maximum absolute atomic E-state index is 11.4. The molecule has 0 fully saturated rings. The second-order valence-corrected chi connectivity index (χ2v) is 3.94. The monoisotopic (exact) mass is 246 g/mol. The number of allylic oxidation sites excluding steroid dienone is 2. The first-order valence-corrected chi connectivity index (χ1v) is 5.77. The Balaban J connectivity index is 2.71. The molecule has 0 aliphatic carbocycles. The van der Waals surface area contributed by atoms with Gasteiger partial charge in [0.15, 0.2) is 0 Å². The molecule has 0 heterocycles. The van der Waals surface area contributed by atoms with E-state index < -0.39 is 11.9 Å². The molecule has 0 aliphatic heterocycles. The average molecular weight is 246 g/mol. The highest BCUT2D eigenvalue weighted by atomic mass is 16.5. The predicted molar refractivity (Wildman–Crippen MR) is 71.8 cm³/mol. The van der Waals surface area contributed by atoms with Crippen LogP contribution in [-0.4, -0.2) is 24.8 Å². The lowest BCUT2D eigenvalue weighted by Crippen LogP contribution is -2.20. The molecule has 1 N–H and O–H groups in total. The van der Waals surface area contributed by atoms with E-state index in [1.54, 1.807) is 6.92 Å². The van der Waals surface area contributed by atoms with Gasteiger partial charge in [0.05, 0.1) is 13.7 Å². The summed E-state index contributed by atoms with van der Waals surface area (Å²) < 4.78 is 4.63. The third kappa shape index (κ3) is 4.18. The number of hydrogen-bond donors (Lipinski definition) is 1. The van der Waals surface area contributed by atoms with Gasteiger partial charge >= 0.3 is 5.97 Å². The van der Waals surface area contributed by atoms with Crippen molar-refractivity contribution in [2.45, 2.75) is 6.92 Å². The Hall–Kier alpha value is -1.87. The molecule has 18 heavy (non-hydrogen) atoms. The van der Waals surface area contributed by atoms with Crippen molar-refractivity contribution in [3.05, 3.63) is 53.6 Å². The molecule has 0 saturated carbocycles. The summed E-state index contributed by atoms with van der Waals surface area (Å²) in [7, 11) is 1.32. The maximum atomic E-state index is 11.4. The number of esters is 1. The first kappa shape index (κ1) is 14.2. The lowest BCUT2D eigenvalue weighted by atomic mass is 10.0. The van der Waals surface area contributed by atoms with E-state index in [0.29, 0.717) is 0 Å². The molecule has 3 heteroatoms. The Morgan fingerprint density at radius 3 is 2.61 bits per heavy atom. The number of aliphatic hydroxyl groups excluding tert-OH is 1. The minimum atomic E-state index is -0.588. The summed E-state index contributed by atoms with van der Waals surface area (Å²) in [5.41, 5.74) is 1.86. The SMILES string of the molecule is COC(=O)C(CO)C(C)=CC=Cc1ccccc1. The molecule has 3 nitrogen and oxygen atoms in total. The Kier molecular flexibility index (Phi) is 5.88. The van der Waals surface area contributed by atoms with Gasteiger partial charge < -0.3 is 9.84 Å².